The van der Waals surface area contributed by atoms with Crippen molar-refractivity contribution >= 4 is 27.4 Å². The van der Waals surface area contributed by atoms with Crippen LogP contribution in [0.5, 0.6) is 11.8 Å². The molecule has 0 aliphatic carbocycles. The number of pyridine rings is 2. The zero-order chi connectivity index (χ0) is 24.4. The average Bonchev–Trinajstić information content (AvgIpc) is 2.78. The second-order valence-corrected chi connectivity index (χ2v) is 9.24. The highest BCUT2D eigenvalue weighted by Gasteiger charge is 2.36. The predicted molar refractivity (Wildman–Crippen MR) is 114 cm³/mol. The van der Waals surface area contributed by atoms with E-state index in [2.05, 4.69) is 9.97 Å². The maximum atomic E-state index is 13.2. The predicted octanol–water partition coefficient (Wildman–Crippen LogP) is 2.72. The molecule has 2 aromatic rings. The van der Waals surface area contributed by atoms with Gasteiger partial charge in [-0.25, -0.2) is 17.7 Å². The van der Waals surface area contributed by atoms with E-state index in [0.29, 0.717) is 36.1 Å². The van der Waals surface area contributed by atoms with E-state index in [4.69, 9.17) is 9.47 Å². The Morgan fingerprint density at radius 3 is 2.27 bits per heavy atom. The molecule has 3 rings (SSSR count). The summed E-state index contributed by atoms with van der Waals surface area (Å²) in [7, 11) is -1.33. The van der Waals surface area contributed by atoms with Crippen LogP contribution in [0.3, 0.4) is 0 Å². The van der Waals surface area contributed by atoms with E-state index in [0.717, 1.165) is 18.5 Å². The molecular formula is C20H23F3N4O5S. The first-order chi connectivity index (χ1) is 15.5. The van der Waals surface area contributed by atoms with Crippen molar-refractivity contribution in [2.45, 2.75) is 19.0 Å². The number of halogens is 3. The van der Waals surface area contributed by atoms with E-state index in [9.17, 15) is 26.4 Å². The average molecular weight is 488 g/mol. The molecule has 9 nitrogen and oxygen atoms in total. The fourth-order valence-electron chi connectivity index (χ4n) is 3.56. The number of hydrogen-bond acceptors (Lipinski definition) is 8. The standard InChI is InChI=1S/C20H23F3N4O5S/c1-31-17-7-5-15(18(25-17)32-2)27(33(3,29)30)19(28)13-8-10-26(11-9-13)16-6-4-14(12-24-16)20(21,22)23/h4-7,12-13H,8-11H2,1-3H3. The van der Waals surface area contributed by atoms with E-state index in [-0.39, 0.29) is 17.4 Å². The molecule has 1 fully saturated rings. The van der Waals surface area contributed by atoms with Crippen molar-refractivity contribution < 1.29 is 35.9 Å². The number of nitrogens with zero attached hydrogens (tertiary/aromatic N) is 4. The minimum Gasteiger partial charge on any atom is -0.481 e. The van der Waals surface area contributed by atoms with Crippen LogP contribution in [0.1, 0.15) is 18.4 Å². The minimum absolute atomic E-state index is 0.0300. The molecule has 33 heavy (non-hydrogen) atoms. The van der Waals surface area contributed by atoms with Crippen LogP contribution < -0.4 is 18.7 Å². The first kappa shape index (κ1) is 24.6. The van der Waals surface area contributed by atoms with Gasteiger partial charge in [0.2, 0.25) is 27.7 Å². The Morgan fingerprint density at radius 1 is 1.12 bits per heavy atom. The van der Waals surface area contributed by atoms with Gasteiger partial charge in [0.1, 0.15) is 11.5 Å². The number of methoxy groups -OCH3 is 2. The lowest BCUT2D eigenvalue weighted by Crippen LogP contribution is -2.45. The van der Waals surface area contributed by atoms with Crippen LogP contribution in [0.2, 0.25) is 0 Å². The van der Waals surface area contributed by atoms with Crippen LogP contribution >= 0.6 is 0 Å². The third-order valence-electron chi connectivity index (χ3n) is 5.21. The highest BCUT2D eigenvalue weighted by molar-refractivity contribution is 7.92. The van der Waals surface area contributed by atoms with Gasteiger partial charge in [-0.15, -0.1) is 0 Å². The van der Waals surface area contributed by atoms with Crippen LogP contribution in [0.25, 0.3) is 0 Å². The number of piperidine rings is 1. The number of ether oxygens (including phenoxy) is 2. The molecule has 0 unspecified atom stereocenters. The summed E-state index contributed by atoms with van der Waals surface area (Å²) in [5.74, 6) is -0.803. The lowest BCUT2D eigenvalue weighted by Gasteiger charge is -2.34. The van der Waals surface area contributed by atoms with Gasteiger partial charge in [-0.05, 0) is 31.0 Å². The Hall–Kier alpha value is -3.09. The monoisotopic (exact) mass is 488 g/mol. The van der Waals surface area contributed by atoms with Gasteiger partial charge in [0, 0.05) is 31.3 Å². The van der Waals surface area contributed by atoms with Crippen LogP contribution in [-0.2, 0) is 21.0 Å². The molecule has 180 valence electrons. The van der Waals surface area contributed by atoms with Crippen molar-refractivity contribution in [2.75, 3.05) is 42.8 Å². The van der Waals surface area contributed by atoms with E-state index >= 15 is 0 Å². The molecule has 1 saturated heterocycles. The third-order valence-corrected chi connectivity index (χ3v) is 6.25. The van der Waals surface area contributed by atoms with Gasteiger partial charge in [0.05, 0.1) is 26.0 Å². The highest BCUT2D eigenvalue weighted by Crippen LogP contribution is 2.34. The number of aromatic nitrogens is 2. The van der Waals surface area contributed by atoms with Crippen molar-refractivity contribution in [3.05, 3.63) is 36.0 Å². The molecule has 13 heteroatoms. The van der Waals surface area contributed by atoms with Gasteiger partial charge in [-0.3, -0.25) is 4.79 Å². The topological polar surface area (TPSA) is 102 Å². The second kappa shape index (κ2) is 9.41. The van der Waals surface area contributed by atoms with E-state index in [1.165, 1.54) is 32.4 Å². The van der Waals surface area contributed by atoms with E-state index in [1.54, 1.807) is 4.90 Å². The van der Waals surface area contributed by atoms with Crippen LogP contribution in [0.4, 0.5) is 24.7 Å². The molecule has 0 bridgehead atoms. The Morgan fingerprint density at radius 2 is 1.79 bits per heavy atom. The number of carbonyl (C=O) groups is 1. The molecule has 0 N–H and O–H groups in total. The van der Waals surface area contributed by atoms with Crippen LogP contribution in [0, 0.1) is 5.92 Å². The van der Waals surface area contributed by atoms with Crippen molar-refractivity contribution in [2.24, 2.45) is 5.92 Å². The van der Waals surface area contributed by atoms with E-state index < -0.39 is 33.6 Å². The van der Waals surface area contributed by atoms with Crippen LogP contribution in [0.15, 0.2) is 30.5 Å². The zero-order valence-electron chi connectivity index (χ0n) is 18.2. The molecule has 1 aliphatic heterocycles. The van der Waals surface area contributed by atoms with Gasteiger partial charge < -0.3 is 14.4 Å². The van der Waals surface area contributed by atoms with Gasteiger partial charge in [0.25, 0.3) is 0 Å². The molecular weight excluding hydrogens is 465 g/mol. The first-order valence-corrected chi connectivity index (χ1v) is 11.7. The van der Waals surface area contributed by atoms with Crippen molar-refractivity contribution in [1.29, 1.82) is 0 Å². The summed E-state index contributed by atoms with van der Waals surface area (Å²) in [6.45, 7) is 0.648. The molecule has 1 amide bonds. The summed E-state index contributed by atoms with van der Waals surface area (Å²) in [5.41, 5.74) is -0.875. The first-order valence-electron chi connectivity index (χ1n) is 9.87. The highest BCUT2D eigenvalue weighted by atomic mass is 32.2. The molecule has 2 aromatic heterocycles. The van der Waals surface area contributed by atoms with Crippen LogP contribution in [-0.4, -0.2) is 57.9 Å². The second-order valence-electron chi connectivity index (χ2n) is 7.41. The summed E-state index contributed by atoms with van der Waals surface area (Å²) >= 11 is 0. The lowest BCUT2D eigenvalue weighted by molar-refractivity contribution is -0.137. The maximum Gasteiger partial charge on any atom is 0.417 e. The molecule has 0 saturated carbocycles. The SMILES string of the molecule is COc1ccc(N(C(=O)C2CCN(c3ccc(C(F)(F)F)cn3)CC2)S(C)(=O)=O)c(OC)n1. The molecule has 0 aromatic carbocycles. The van der Waals surface area contributed by atoms with Gasteiger partial charge in [-0.1, -0.05) is 0 Å². The Kier molecular flexibility index (Phi) is 7.00. The zero-order valence-corrected chi connectivity index (χ0v) is 19.0. The number of carbonyl (C=O) groups excluding carboxylic acids is 1. The number of hydrogen-bond donors (Lipinski definition) is 0. The number of rotatable bonds is 6. The Bertz CT molecular complexity index is 1100. The normalized spacial score (nSPS) is 15.3. The van der Waals surface area contributed by atoms with Crippen molar-refractivity contribution in [3.8, 4) is 11.8 Å². The summed E-state index contributed by atoms with van der Waals surface area (Å²) in [6.07, 6.45) is -2.22. The number of anilines is 2. The summed E-state index contributed by atoms with van der Waals surface area (Å²) in [6, 6.07) is 5.03. The van der Waals surface area contributed by atoms with Gasteiger partial charge >= 0.3 is 6.18 Å². The quantitative estimate of drug-likeness (QED) is 0.612. The fourth-order valence-corrected chi connectivity index (χ4v) is 4.53. The Labute approximate surface area is 189 Å². The molecule has 1 aliphatic rings. The maximum absolute atomic E-state index is 13.2. The fraction of sp³-hybridized carbons (Fsp3) is 0.450. The Balaban J connectivity index is 1.78. The summed E-state index contributed by atoms with van der Waals surface area (Å²) < 4.78 is 74.1. The lowest BCUT2D eigenvalue weighted by atomic mass is 9.95. The summed E-state index contributed by atoms with van der Waals surface area (Å²) in [5, 5.41) is 0. The smallest absolute Gasteiger partial charge is 0.417 e. The third kappa shape index (κ3) is 5.46. The number of alkyl halides is 3. The van der Waals surface area contributed by atoms with Gasteiger partial charge in [-0.2, -0.15) is 18.2 Å². The minimum atomic E-state index is -4.47. The molecule has 0 radical (unpaired) electrons. The van der Waals surface area contributed by atoms with Crippen molar-refractivity contribution in [3.63, 3.8) is 0 Å². The van der Waals surface area contributed by atoms with E-state index in [1.807, 2.05) is 0 Å². The number of sulfonamides is 1. The van der Waals surface area contributed by atoms with Gasteiger partial charge in [0.15, 0.2) is 0 Å². The molecule has 3 heterocycles. The number of amides is 1. The summed E-state index contributed by atoms with van der Waals surface area (Å²) in [4.78, 5) is 22.9. The van der Waals surface area contributed by atoms with Crippen molar-refractivity contribution in [1.82, 2.24) is 9.97 Å². The molecule has 0 atom stereocenters. The largest absolute Gasteiger partial charge is 0.481 e. The molecule has 0 spiro atoms.